The van der Waals surface area contributed by atoms with Gasteiger partial charge in [-0.25, -0.2) is 9.69 Å². The Kier molecular flexibility index (Phi) is 6.39. The van der Waals surface area contributed by atoms with E-state index in [2.05, 4.69) is 0 Å². The highest BCUT2D eigenvalue weighted by Gasteiger charge is 2.37. The van der Waals surface area contributed by atoms with Crippen LogP contribution in [-0.2, 0) is 16.0 Å². The van der Waals surface area contributed by atoms with Crippen LogP contribution < -0.4 is 9.64 Å². The van der Waals surface area contributed by atoms with Gasteiger partial charge in [-0.3, -0.25) is 9.59 Å². The van der Waals surface area contributed by atoms with Gasteiger partial charge in [-0.1, -0.05) is 44.2 Å². The molecular weight excluding hydrogens is 390 g/mol. The third kappa shape index (κ3) is 4.51. The van der Waals surface area contributed by atoms with E-state index < -0.39 is 12.1 Å². The number of rotatable bonds is 7. The first-order chi connectivity index (χ1) is 13.9. The summed E-state index contributed by atoms with van der Waals surface area (Å²) in [5.41, 5.74) is 2.17. The molecule has 0 spiro atoms. The van der Waals surface area contributed by atoms with Gasteiger partial charge in [0.25, 0.3) is 11.1 Å². The second-order valence-corrected chi connectivity index (χ2v) is 7.42. The molecule has 1 fully saturated rings. The number of amides is 2. The van der Waals surface area contributed by atoms with Crippen LogP contribution in [0.2, 0.25) is 0 Å². The van der Waals surface area contributed by atoms with Crippen molar-refractivity contribution >= 4 is 40.6 Å². The number of hydrogen-bond donors (Lipinski definition) is 1. The molecule has 2 aromatic rings. The maximum Gasteiger partial charge on any atom is 0.344 e. The summed E-state index contributed by atoms with van der Waals surface area (Å²) in [5.74, 6) is -1.01. The van der Waals surface area contributed by atoms with E-state index in [0.717, 1.165) is 17.3 Å². The zero-order valence-corrected chi connectivity index (χ0v) is 16.9. The number of para-hydroxylation sites is 1. The molecule has 1 N–H and O–H groups in total. The summed E-state index contributed by atoms with van der Waals surface area (Å²) < 4.78 is 5.50. The summed E-state index contributed by atoms with van der Waals surface area (Å²) in [6.07, 6.45) is 1.71. The van der Waals surface area contributed by atoms with Gasteiger partial charge in [0, 0.05) is 0 Å². The van der Waals surface area contributed by atoms with Crippen molar-refractivity contribution in [2.75, 3.05) is 4.90 Å². The molecule has 0 bridgehead atoms. The average molecular weight is 411 g/mol. The van der Waals surface area contributed by atoms with Gasteiger partial charge in [0.05, 0.1) is 10.6 Å². The summed E-state index contributed by atoms with van der Waals surface area (Å²) in [5, 5.41) is 8.81. The molecule has 29 heavy (non-hydrogen) atoms. The molecule has 2 aromatic carbocycles. The molecule has 1 saturated heterocycles. The predicted octanol–water partition coefficient (Wildman–Crippen LogP) is 4.73. The molecule has 150 valence electrons. The standard InChI is InChI=1S/C22H21NO5S/c1-3-15-9-5-6-11-17(15)23-20(24)19(29-22(23)27)13-14-8-7-10-16(12-14)28-18(4-2)21(25)26/h5-13,18H,3-4H2,1-2H3,(H,25,26)/b19-13+. The highest BCUT2D eigenvalue weighted by Crippen LogP contribution is 2.37. The number of anilines is 1. The second-order valence-electron chi connectivity index (χ2n) is 6.42. The Morgan fingerprint density at radius 1 is 1.17 bits per heavy atom. The van der Waals surface area contributed by atoms with E-state index in [4.69, 9.17) is 9.84 Å². The van der Waals surface area contributed by atoms with Gasteiger partial charge in [-0.05, 0) is 60.0 Å². The van der Waals surface area contributed by atoms with E-state index in [1.807, 2.05) is 19.1 Å². The lowest BCUT2D eigenvalue weighted by molar-refractivity contribution is -0.145. The van der Waals surface area contributed by atoms with Crippen LogP contribution in [0.3, 0.4) is 0 Å². The quantitative estimate of drug-likeness (QED) is 0.663. The van der Waals surface area contributed by atoms with Gasteiger partial charge in [-0.15, -0.1) is 0 Å². The van der Waals surface area contributed by atoms with Crippen LogP contribution in [0.5, 0.6) is 5.75 Å². The van der Waals surface area contributed by atoms with Crippen molar-refractivity contribution in [1.82, 2.24) is 0 Å². The fourth-order valence-corrected chi connectivity index (χ4v) is 3.84. The Hall–Kier alpha value is -3.06. The molecule has 0 aromatic heterocycles. The summed E-state index contributed by atoms with van der Waals surface area (Å²) >= 11 is 0.883. The molecule has 1 aliphatic heterocycles. The smallest absolute Gasteiger partial charge is 0.344 e. The summed E-state index contributed by atoms with van der Waals surface area (Å²) in [6.45, 7) is 3.70. The molecule has 0 saturated carbocycles. The number of imide groups is 1. The van der Waals surface area contributed by atoms with Crippen LogP contribution >= 0.6 is 11.8 Å². The maximum atomic E-state index is 12.9. The highest BCUT2D eigenvalue weighted by molar-refractivity contribution is 8.19. The molecule has 0 radical (unpaired) electrons. The Labute approximate surface area is 173 Å². The molecule has 0 aliphatic carbocycles. The van der Waals surface area contributed by atoms with Gasteiger partial charge in [0.2, 0.25) is 0 Å². The van der Waals surface area contributed by atoms with Gasteiger partial charge in [-0.2, -0.15) is 0 Å². The van der Waals surface area contributed by atoms with Crippen molar-refractivity contribution < 1.29 is 24.2 Å². The van der Waals surface area contributed by atoms with E-state index in [-0.39, 0.29) is 11.1 Å². The Morgan fingerprint density at radius 2 is 1.93 bits per heavy atom. The van der Waals surface area contributed by atoms with E-state index in [1.54, 1.807) is 49.4 Å². The van der Waals surface area contributed by atoms with Crippen LogP contribution in [0, 0.1) is 0 Å². The second kappa shape index (κ2) is 8.96. The summed E-state index contributed by atoms with van der Waals surface area (Å²) in [7, 11) is 0. The van der Waals surface area contributed by atoms with E-state index in [9.17, 15) is 14.4 Å². The number of benzene rings is 2. The molecule has 6 nitrogen and oxygen atoms in total. The minimum absolute atomic E-state index is 0.309. The van der Waals surface area contributed by atoms with E-state index >= 15 is 0 Å². The third-order valence-corrected chi connectivity index (χ3v) is 5.36. The van der Waals surface area contributed by atoms with Crippen molar-refractivity contribution in [1.29, 1.82) is 0 Å². The normalized spacial score (nSPS) is 16.3. The molecule has 1 heterocycles. The lowest BCUT2D eigenvalue weighted by Crippen LogP contribution is -2.28. The number of hydrogen-bond acceptors (Lipinski definition) is 5. The van der Waals surface area contributed by atoms with Crippen molar-refractivity contribution in [3.63, 3.8) is 0 Å². The average Bonchev–Trinajstić information content (AvgIpc) is 2.99. The summed E-state index contributed by atoms with van der Waals surface area (Å²) in [6, 6.07) is 14.1. The van der Waals surface area contributed by atoms with E-state index in [0.29, 0.717) is 34.7 Å². The first kappa shape index (κ1) is 20.7. The Balaban J connectivity index is 1.86. The number of carbonyl (C=O) groups is 3. The van der Waals surface area contributed by atoms with Crippen molar-refractivity contribution in [3.05, 3.63) is 64.6 Å². The van der Waals surface area contributed by atoms with Crippen LogP contribution in [0.1, 0.15) is 31.4 Å². The lowest BCUT2D eigenvalue weighted by Gasteiger charge is -2.16. The maximum absolute atomic E-state index is 12.9. The Bertz CT molecular complexity index is 985. The van der Waals surface area contributed by atoms with Gasteiger partial charge in [0.1, 0.15) is 5.75 Å². The SMILES string of the molecule is CCc1ccccc1N1C(=O)S/C(=C/c2cccc(OC(CC)C(=O)O)c2)C1=O. The highest BCUT2D eigenvalue weighted by atomic mass is 32.2. The molecule has 1 atom stereocenters. The number of ether oxygens (including phenoxy) is 1. The van der Waals surface area contributed by atoms with Crippen LogP contribution in [0.25, 0.3) is 6.08 Å². The molecule has 1 unspecified atom stereocenters. The van der Waals surface area contributed by atoms with Gasteiger partial charge < -0.3 is 9.84 Å². The van der Waals surface area contributed by atoms with Crippen LogP contribution in [-0.4, -0.2) is 28.3 Å². The number of thioether (sulfide) groups is 1. The van der Waals surface area contributed by atoms with Crippen LogP contribution in [0.15, 0.2) is 53.4 Å². The number of carboxylic acid groups (broad SMARTS) is 1. The largest absolute Gasteiger partial charge is 0.479 e. The fourth-order valence-electron chi connectivity index (χ4n) is 3.00. The van der Waals surface area contributed by atoms with Crippen molar-refractivity contribution in [3.8, 4) is 5.75 Å². The molecular formula is C22H21NO5S. The molecule has 3 rings (SSSR count). The Morgan fingerprint density at radius 3 is 2.62 bits per heavy atom. The monoisotopic (exact) mass is 411 g/mol. The molecule has 7 heteroatoms. The topological polar surface area (TPSA) is 83.9 Å². The minimum Gasteiger partial charge on any atom is -0.479 e. The van der Waals surface area contributed by atoms with E-state index in [1.165, 1.54) is 4.90 Å². The number of aryl methyl sites for hydroxylation is 1. The first-order valence-electron chi connectivity index (χ1n) is 9.30. The fraction of sp³-hybridized carbons (Fsp3) is 0.227. The molecule has 2 amide bonds. The molecule has 1 aliphatic rings. The van der Waals surface area contributed by atoms with Gasteiger partial charge in [0.15, 0.2) is 6.10 Å². The summed E-state index contributed by atoms with van der Waals surface area (Å²) in [4.78, 5) is 38.1. The lowest BCUT2D eigenvalue weighted by atomic mass is 10.1. The third-order valence-electron chi connectivity index (χ3n) is 4.49. The minimum atomic E-state index is -1.03. The number of carboxylic acids is 1. The van der Waals surface area contributed by atoms with Crippen molar-refractivity contribution in [2.45, 2.75) is 32.8 Å². The van der Waals surface area contributed by atoms with Crippen LogP contribution in [0.4, 0.5) is 10.5 Å². The zero-order valence-electron chi connectivity index (χ0n) is 16.1. The zero-order chi connectivity index (χ0) is 21.0. The van der Waals surface area contributed by atoms with Gasteiger partial charge >= 0.3 is 5.97 Å². The number of aliphatic carboxylic acids is 1. The number of nitrogens with zero attached hydrogens (tertiary/aromatic N) is 1. The predicted molar refractivity (Wildman–Crippen MR) is 113 cm³/mol. The number of carbonyl (C=O) groups excluding carboxylic acids is 2. The van der Waals surface area contributed by atoms with Crippen molar-refractivity contribution in [2.24, 2.45) is 0 Å². The first-order valence-corrected chi connectivity index (χ1v) is 10.1.